The molecule has 1 aliphatic heterocycles. The van der Waals surface area contributed by atoms with Crippen molar-refractivity contribution in [3.05, 3.63) is 69.5 Å². The molecule has 0 saturated carbocycles. The molecule has 1 N–H and O–H groups in total. The molecule has 0 radical (unpaired) electrons. The molecule has 0 aromatic heterocycles. The molecule has 5 nitrogen and oxygen atoms in total. The summed E-state index contributed by atoms with van der Waals surface area (Å²) < 4.78 is 0.915. The lowest BCUT2D eigenvalue weighted by Crippen LogP contribution is -2.31. The molecule has 1 saturated heterocycles. The van der Waals surface area contributed by atoms with Gasteiger partial charge in [0, 0.05) is 23.1 Å². The van der Waals surface area contributed by atoms with E-state index in [0.717, 1.165) is 26.7 Å². The average Bonchev–Trinajstić information content (AvgIpc) is 2.89. The van der Waals surface area contributed by atoms with Gasteiger partial charge in [0.15, 0.2) is 0 Å². The van der Waals surface area contributed by atoms with E-state index in [1.54, 1.807) is 18.2 Å². The number of carbonyl (C=O) groups excluding carboxylic acids is 3. The first kappa shape index (κ1) is 18.4. The Kier molecular flexibility index (Phi) is 5.90. The highest BCUT2D eigenvalue weighted by molar-refractivity contribution is 9.10. The van der Waals surface area contributed by atoms with Gasteiger partial charge in [-0.15, -0.1) is 0 Å². The first-order valence-electron chi connectivity index (χ1n) is 7.89. The summed E-state index contributed by atoms with van der Waals surface area (Å²) >= 11 is 4.22. The van der Waals surface area contributed by atoms with Gasteiger partial charge in [-0.3, -0.25) is 19.3 Å². The van der Waals surface area contributed by atoms with Crippen molar-refractivity contribution in [2.75, 3.05) is 11.9 Å². The quantitative estimate of drug-likeness (QED) is 0.708. The number of nitrogens with zero attached hydrogens (tertiary/aromatic N) is 1. The molecule has 2 aromatic rings. The zero-order valence-electron chi connectivity index (χ0n) is 13.6. The summed E-state index contributed by atoms with van der Waals surface area (Å²) in [7, 11) is 0. The highest BCUT2D eigenvalue weighted by Crippen LogP contribution is 2.32. The number of amides is 3. The van der Waals surface area contributed by atoms with E-state index in [9.17, 15) is 14.4 Å². The van der Waals surface area contributed by atoms with E-state index in [1.807, 2.05) is 42.5 Å². The zero-order valence-corrected chi connectivity index (χ0v) is 16.0. The first-order valence-corrected chi connectivity index (χ1v) is 9.50. The molecule has 0 atom stereocenters. The van der Waals surface area contributed by atoms with Crippen molar-refractivity contribution in [1.82, 2.24) is 4.90 Å². The number of hydrogen-bond acceptors (Lipinski definition) is 4. The van der Waals surface area contributed by atoms with Crippen molar-refractivity contribution < 1.29 is 14.4 Å². The van der Waals surface area contributed by atoms with Crippen LogP contribution < -0.4 is 5.32 Å². The molecule has 1 fully saturated rings. The van der Waals surface area contributed by atoms with Gasteiger partial charge in [-0.1, -0.05) is 46.3 Å². The molecule has 26 heavy (non-hydrogen) atoms. The Morgan fingerprint density at radius 3 is 2.46 bits per heavy atom. The maximum Gasteiger partial charge on any atom is 0.293 e. The van der Waals surface area contributed by atoms with E-state index in [-0.39, 0.29) is 30.0 Å². The van der Waals surface area contributed by atoms with Crippen LogP contribution >= 0.6 is 27.7 Å². The summed E-state index contributed by atoms with van der Waals surface area (Å²) in [5, 5.41) is 2.39. The fourth-order valence-corrected chi connectivity index (χ4v) is 3.49. The lowest BCUT2D eigenvalue weighted by atomic mass is 10.2. The average molecular weight is 431 g/mol. The number of anilines is 1. The van der Waals surface area contributed by atoms with E-state index >= 15 is 0 Å². The van der Waals surface area contributed by atoms with Gasteiger partial charge in [0.25, 0.3) is 11.1 Å². The van der Waals surface area contributed by atoms with Gasteiger partial charge in [0.2, 0.25) is 5.91 Å². The van der Waals surface area contributed by atoms with Crippen molar-refractivity contribution in [3.8, 4) is 0 Å². The van der Waals surface area contributed by atoms with Gasteiger partial charge in [0.05, 0.1) is 4.91 Å². The van der Waals surface area contributed by atoms with E-state index < -0.39 is 0 Å². The van der Waals surface area contributed by atoms with Crippen LogP contribution in [-0.4, -0.2) is 28.5 Å². The second kappa shape index (κ2) is 8.33. The normalized spacial score (nSPS) is 15.6. The molecule has 1 heterocycles. The number of thioether (sulfide) groups is 1. The Hall–Kier alpha value is -2.38. The third-order valence-corrected chi connectivity index (χ3v) is 5.10. The largest absolute Gasteiger partial charge is 0.326 e. The number of rotatable bonds is 5. The third kappa shape index (κ3) is 4.62. The predicted octanol–water partition coefficient (Wildman–Crippen LogP) is 4.51. The summed E-state index contributed by atoms with van der Waals surface area (Å²) in [6.45, 7) is 0.0547. The molecule has 0 spiro atoms. The van der Waals surface area contributed by atoms with Crippen LogP contribution in [0.3, 0.4) is 0 Å². The fourth-order valence-electron chi connectivity index (χ4n) is 2.36. The van der Waals surface area contributed by atoms with Crippen molar-refractivity contribution in [3.63, 3.8) is 0 Å². The minimum absolute atomic E-state index is 0.0483. The highest BCUT2D eigenvalue weighted by atomic mass is 79.9. The smallest absolute Gasteiger partial charge is 0.293 e. The molecule has 0 aliphatic carbocycles. The van der Waals surface area contributed by atoms with Crippen LogP contribution in [0.1, 0.15) is 12.0 Å². The summed E-state index contributed by atoms with van der Waals surface area (Å²) in [4.78, 5) is 38.0. The number of imide groups is 1. The molecule has 0 bridgehead atoms. The van der Waals surface area contributed by atoms with Crippen LogP contribution in [0.15, 0.2) is 64.0 Å². The van der Waals surface area contributed by atoms with Gasteiger partial charge in [0.1, 0.15) is 0 Å². The van der Waals surface area contributed by atoms with Gasteiger partial charge in [-0.25, -0.2) is 0 Å². The molecule has 2 aromatic carbocycles. The summed E-state index contributed by atoms with van der Waals surface area (Å²) in [6, 6.07) is 16.5. The second-order valence-corrected chi connectivity index (χ2v) is 7.46. The Labute approximate surface area is 163 Å². The topological polar surface area (TPSA) is 66.5 Å². The first-order chi connectivity index (χ1) is 12.5. The van der Waals surface area contributed by atoms with Crippen LogP contribution in [-0.2, 0) is 9.59 Å². The lowest BCUT2D eigenvalue weighted by molar-refractivity contribution is -0.123. The summed E-state index contributed by atoms with van der Waals surface area (Å²) in [5.41, 5.74) is 1.52. The van der Waals surface area contributed by atoms with Crippen LogP contribution in [0.2, 0.25) is 0 Å². The van der Waals surface area contributed by atoms with Crippen molar-refractivity contribution >= 4 is 56.5 Å². The number of carbonyl (C=O) groups is 3. The Morgan fingerprint density at radius 1 is 1.08 bits per heavy atom. The Bertz CT molecular complexity index is 866. The number of nitrogens with one attached hydrogen (secondary N) is 1. The highest BCUT2D eigenvalue weighted by Gasteiger charge is 2.34. The molecule has 1 aliphatic rings. The second-order valence-electron chi connectivity index (χ2n) is 5.55. The number of hydrogen-bond donors (Lipinski definition) is 1. The SMILES string of the molecule is O=C(CCN1C(=O)SC(=Cc2ccccc2)C1=O)Nc1ccc(Br)cc1. The van der Waals surface area contributed by atoms with Crippen LogP contribution in [0.25, 0.3) is 6.08 Å². The molecule has 7 heteroatoms. The van der Waals surface area contributed by atoms with Crippen LogP contribution in [0.4, 0.5) is 10.5 Å². The molecule has 3 rings (SSSR count). The predicted molar refractivity (Wildman–Crippen MR) is 107 cm³/mol. The summed E-state index contributed by atoms with van der Waals surface area (Å²) in [6.07, 6.45) is 1.74. The van der Waals surface area contributed by atoms with E-state index in [0.29, 0.717) is 10.6 Å². The van der Waals surface area contributed by atoms with Crippen LogP contribution in [0.5, 0.6) is 0 Å². The van der Waals surface area contributed by atoms with Crippen molar-refractivity contribution in [2.45, 2.75) is 6.42 Å². The van der Waals surface area contributed by atoms with Gasteiger partial charge < -0.3 is 5.32 Å². The Balaban J connectivity index is 1.58. The van der Waals surface area contributed by atoms with E-state index in [4.69, 9.17) is 0 Å². The van der Waals surface area contributed by atoms with E-state index in [1.165, 1.54) is 0 Å². The van der Waals surface area contributed by atoms with Crippen molar-refractivity contribution in [2.24, 2.45) is 0 Å². The maximum atomic E-state index is 12.4. The van der Waals surface area contributed by atoms with Crippen LogP contribution in [0, 0.1) is 0 Å². The van der Waals surface area contributed by atoms with Gasteiger partial charge in [-0.05, 0) is 47.7 Å². The lowest BCUT2D eigenvalue weighted by Gasteiger charge is -2.12. The standard InChI is InChI=1S/C19H15BrN2O3S/c20-14-6-8-15(9-7-14)21-17(23)10-11-22-18(24)16(26-19(22)25)12-13-4-2-1-3-5-13/h1-9,12H,10-11H2,(H,21,23). The third-order valence-electron chi connectivity index (χ3n) is 3.66. The maximum absolute atomic E-state index is 12.4. The number of halogens is 1. The Morgan fingerprint density at radius 2 is 1.77 bits per heavy atom. The van der Waals surface area contributed by atoms with E-state index in [2.05, 4.69) is 21.2 Å². The molecular formula is C19H15BrN2O3S. The molecule has 132 valence electrons. The zero-order chi connectivity index (χ0) is 18.5. The summed E-state index contributed by atoms with van der Waals surface area (Å²) in [5.74, 6) is -0.612. The monoisotopic (exact) mass is 430 g/mol. The molecule has 3 amide bonds. The number of benzene rings is 2. The minimum Gasteiger partial charge on any atom is -0.326 e. The van der Waals surface area contributed by atoms with Crippen molar-refractivity contribution in [1.29, 1.82) is 0 Å². The molecule has 0 unspecified atom stereocenters. The minimum atomic E-state index is -0.361. The van der Waals surface area contributed by atoms with Gasteiger partial charge >= 0.3 is 0 Å². The van der Waals surface area contributed by atoms with Gasteiger partial charge in [-0.2, -0.15) is 0 Å². The molecular weight excluding hydrogens is 416 g/mol. The fraction of sp³-hybridized carbons (Fsp3) is 0.105.